The Morgan fingerprint density at radius 2 is 1.92 bits per heavy atom. The number of pyridine rings is 1. The Bertz CT molecular complexity index is 964. The quantitative estimate of drug-likeness (QED) is 0.711. The van der Waals surface area contributed by atoms with E-state index in [1.165, 1.54) is 11.7 Å². The van der Waals surface area contributed by atoms with Crippen LogP contribution in [-0.2, 0) is 6.18 Å². The molecule has 0 fully saturated rings. The van der Waals surface area contributed by atoms with Crippen molar-refractivity contribution in [3.63, 3.8) is 0 Å². The van der Waals surface area contributed by atoms with Gasteiger partial charge in [-0.3, -0.25) is 9.55 Å². The van der Waals surface area contributed by atoms with Crippen molar-refractivity contribution in [3.8, 4) is 22.8 Å². The Hall–Kier alpha value is -3.03. The van der Waals surface area contributed by atoms with Gasteiger partial charge in [0.15, 0.2) is 0 Å². The lowest BCUT2D eigenvalue weighted by atomic mass is 10.1. The lowest BCUT2D eigenvalue weighted by Crippen LogP contribution is -2.10. The summed E-state index contributed by atoms with van der Waals surface area (Å²) in [5.41, 5.74) is 7.71. The normalized spacial score (nSPS) is 11.6. The molecule has 2 heterocycles. The first kappa shape index (κ1) is 17.8. The van der Waals surface area contributed by atoms with E-state index in [2.05, 4.69) is 9.97 Å². The van der Waals surface area contributed by atoms with Gasteiger partial charge in [-0.05, 0) is 37.6 Å². The van der Waals surface area contributed by atoms with E-state index in [9.17, 15) is 13.2 Å². The van der Waals surface area contributed by atoms with Crippen molar-refractivity contribution in [3.05, 3.63) is 53.6 Å². The molecule has 8 heteroatoms. The molecule has 0 atom stereocenters. The second-order valence-electron chi connectivity index (χ2n) is 5.88. The molecule has 0 aliphatic carbocycles. The number of alkyl halides is 3. The summed E-state index contributed by atoms with van der Waals surface area (Å²) >= 11 is 0. The Morgan fingerprint density at radius 3 is 2.54 bits per heavy atom. The number of anilines is 1. The maximum absolute atomic E-state index is 13.3. The van der Waals surface area contributed by atoms with Gasteiger partial charge < -0.3 is 10.5 Å². The Morgan fingerprint density at radius 1 is 1.19 bits per heavy atom. The fourth-order valence-corrected chi connectivity index (χ4v) is 2.71. The summed E-state index contributed by atoms with van der Waals surface area (Å²) in [7, 11) is 1.28. The molecule has 0 saturated carbocycles. The predicted molar refractivity (Wildman–Crippen MR) is 92.2 cm³/mol. The predicted octanol–water partition coefficient (Wildman–Crippen LogP) is 4.16. The van der Waals surface area contributed by atoms with Gasteiger partial charge in [-0.15, -0.1) is 0 Å². The standard InChI is InChI=1S/C18H17F3N4O/c1-10-4-5-23-8-13(10)17-24-11(2)9-25(17)14-6-12(18(19,20)21)7-15(26-3)16(14)22/h4-9H,22H2,1-3H3. The third-order valence-electron chi connectivity index (χ3n) is 4.03. The number of aromatic nitrogens is 3. The minimum absolute atomic E-state index is 0.0463. The lowest BCUT2D eigenvalue weighted by Gasteiger charge is -2.17. The van der Waals surface area contributed by atoms with Crippen LogP contribution in [0.5, 0.6) is 5.75 Å². The van der Waals surface area contributed by atoms with Gasteiger partial charge in [-0.1, -0.05) is 0 Å². The average Bonchev–Trinajstić information content (AvgIpc) is 2.95. The molecule has 0 radical (unpaired) electrons. The van der Waals surface area contributed by atoms with Gasteiger partial charge in [0.25, 0.3) is 0 Å². The molecule has 3 rings (SSSR count). The van der Waals surface area contributed by atoms with E-state index in [0.717, 1.165) is 17.7 Å². The third kappa shape index (κ3) is 3.10. The van der Waals surface area contributed by atoms with Crippen molar-refractivity contribution < 1.29 is 17.9 Å². The van der Waals surface area contributed by atoms with Crippen LogP contribution in [0.1, 0.15) is 16.8 Å². The van der Waals surface area contributed by atoms with E-state index in [0.29, 0.717) is 17.1 Å². The van der Waals surface area contributed by atoms with Gasteiger partial charge >= 0.3 is 6.18 Å². The van der Waals surface area contributed by atoms with E-state index < -0.39 is 11.7 Å². The highest BCUT2D eigenvalue weighted by Crippen LogP contribution is 2.39. The van der Waals surface area contributed by atoms with Gasteiger partial charge in [-0.25, -0.2) is 4.98 Å². The van der Waals surface area contributed by atoms with Crippen molar-refractivity contribution >= 4 is 5.69 Å². The number of hydrogen-bond donors (Lipinski definition) is 1. The van der Waals surface area contributed by atoms with E-state index in [1.54, 1.807) is 31.6 Å². The van der Waals surface area contributed by atoms with Gasteiger partial charge in [0, 0.05) is 24.2 Å². The molecule has 0 spiro atoms. The molecule has 0 bridgehead atoms. The van der Waals surface area contributed by atoms with E-state index in [-0.39, 0.29) is 17.1 Å². The highest BCUT2D eigenvalue weighted by atomic mass is 19.4. The number of imidazole rings is 1. The van der Waals surface area contributed by atoms with Crippen LogP contribution in [0.4, 0.5) is 18.9 Å². The summed E-state index contributed by atoms with van der Waals surface area (Å²) in [6.07, 6.45) is 0.359. The average molecular weight is 362 g/mol. The van der Waals surface area contributed by atoms with Crippen LogP contribution in [0.15, 0.2) is 36.8 Å². The molecule has 1 aromatic carbocycles. The zero-order valence-corrected chi connectivity index (χ0v) is 14.4. The molecule has 3 aromatic rings. The van der Waals surface area contributed by atoms with Crippen molar-refractivity contribution in [2.24, 2.45) is 0 Å². The van der Waals surface area contributed by atoms with E-state index in [4.69, 9.17) is 10.5 Å². The van der Waals surface area contributed by atoms with E-state index >= 15 is 0 Å². The first-order chi connectivity index (χ1) is 12.2. The Kier molecular flexibility index (Phi) is 4.35. The van der Waals surface area contributed by atoms with Crippen LogP contribution in [0.2, 0.25) is 0 Å². The number of ether oxygens (including phenoxy) is 1. The highest BCUT2D eigenvalue weighted by molar-refractivity contribution is 5.72. The first-order valence-electron chi connectivity index (χ1n) is 7.74. The first-order valence-corrected chi connectivity index (χ1v) is 7.74. The minimum Gasteiger partial charge on any atom is -0.495 e. The van der Waals surface area contributed by atoms with Crippen molar-refractivity contribution in [2.45, 2.75) is 20.0 Å². The van der Waals surface area contributed by atoms with Crippen LogP contribution in [0.3, 0.4) is 0 Å². The summed E-state index contributed by atoms with van der Waals surface area (Å²) in [5.74, 6) is 0.413. The molecule has 0 aliphatic heterocycles. The molecule has 26 heavy (non-hydrogen) atoms. The number of nitrogens with zero attached hydrogens (tertiary/aromatic N) is 3. The fourth-order valence-electron chi connectivity index (χ4n) is 2.71. The summed E-state index contributed by atoms with van der Waals surface area (Å²) in [6.45, 7) is 3.63. The number of aryl methyl sites for hydroxylation is 2. The molecule has 2 aromatic heterocycles. The highest BCUT2D eigenvalue weighted by Gasteiger charge is 2.33. The van der Waals surface area contributed by atoms with Crippen LogP contribution in [-0.4, -0.2) is 21.6 Å². The molecule has 136 valence electrons. The van der Waals surface area contributed by atoms with Crippen LogP contribution in [0.25, 0.3) is 17.1 Å². The van der Waals surface area contributed by atoms with Crippen LogP contribution >= 0.6 is 0 Å². The topological polar surface area (TPSA) is 66.0 Å². The van der Waals surface area contributed by atoms with E-state index in [1.807, 2.05) is 6.92 Å². The smallest absolute Gasteiger partial charge is 0.416 e. The molecule has 0 unspecified atom stereocenters. The van der Waals surface area contributed by atoms with Crippen molar-refractivity contribution in [1.82, 2.24) is 14.5 Å². The number of rotatable bonds is 3. The molecule has 0 aliphatic rings. The third-order valence-corrected chi connectivity index (χ3v) is 4.03. The number of nitrogen functional groups attached to an aromatic ring is 1. The van der Waals surface area contributed by atoms with Gasteiger partial charge in [0.05, 0.1) is 29.7 Å². The zero-order chi connectivity index (χ0) is 19.1. The summed E-state index contributed by atoms with van der Waals surface area (Å²) in [6, 6.07) is 3.69. The second-order valence-corrected chi connectivity index (χ2v) is 5.88. The summed E-state index contributed by atoms with van der Waals surface area (Å²) < 4.78 is 46.5. The minimum atomic E-state index is -4.53. The second kappa shape index (κ2) is 6.36. The largest absolute Gasteiger partial charge is 0.495 e. The summed E-state index contributed by atoms with van der Waals surface area (Å²) in [5, 5.41) is 0. The SMILES string of the molecule is COc1cc(C(F)(F)F)cc(-n2cc(C)nc2-c2cnccc2C)c1N. The zero-order valence-electron chi connectivity index (χ0n) is 14.4. The van der Waals surface area contributed by atoms with Gasteiger partial charge in [0.1, 0.15) is 11.6 Å². The number of nitrogens with two attached hydrogens (primary N) is 1. The molecular weight excluding hydrogens is 345 g/mol. The number of methoxy groups -OCH3 is 1. The van der Waals surface area contributed by atoms with Crippen molar-refractivity contribution in [2.75, 3.05) is 12.8 Å². The molecule has 2 N–H and O–H groups in total. The number of hydrogen-bond acceptors (Lipinski definition) is 4. The molecule has 5 nitrogen and oxygen atoms in total. The van der Waals surface area contributed by atoms with Crippen LogP contribution < -0.4 is 10.5 Å². The number of halogens is 3. The molecule has 0 saturated heterocycles. The van der Waals surface area contributed by atoms with Gasteiger partial charge in [-0.2, -0.15) is 13.2 Å². The van der Waals surface area contributed by atoms with Crippen LogP contribution in [0, 0.1) is 13.8 Å². The Labute approximate surface area is 148 Å². The number of benzene rings is 1. The Balaban J connectivity index is 2.30. The maximum Gasteiger partial charge on any atom is 0.416 e. The lowest BCUT2D eigenvalue weighted by molar-refractivity contribution is -0.137. The maximum atomic E-state index is 13.3. The summed E-state index contributed by atoms with van der Waals surface area (Å²) in [4.78, 5) is 8.54. The van der Waals surface area contributed by atoms with Crippen molar-refractivity contribution in [1.29, 1.82) is 0 Å². The monoisotopic (exact) mass is 362 g/mol. The fraction of sp³-hybridized carbons (Fsp3) is 0.222. The molecule has 0 amide bonds. The van der Waals surface area contributed by atoms with Gasteiger partial charge in [0.2, 0.25) is 0 Å². The molecular formula is C18H17F3N4O.